The van der Waals surface area contributed by atoms with Gasteiger partial charge in [-0.1, -0.05) is 39.8 Å². The number of benzene rings is 1. The van der Waals surface area contributed by atoms with Crippen LogP contribution >= 0.6 is 7.60 Å². The van der Waals surface area contributed by atoms with Crippen LogP contribution in [0.5, 0.6) is 5.75 Å². The van der Waals surface area contributed by atoms with Crippen LogP contribution in [0.3, 0.4) is 0 Å². The number of hydrogen-bond acceptors (Lipinski definition) is 3. The minimum Gasteiger partial charge on any atom is -0.508 e. The van der Waals surface area contributed by atoms with E-state index in [1.54, 1.807) is 6.07 Å². The van der Waals surface area contributed by atoms with E-state index < -0.39 is 13.9 Å². The first-order chi connectivity index (χ1) is 11.6. The van der Waals surface area contributed by atoms with E-state index in [1.807, 2.05) is 6.07 Å². The summed E-state index contributed by atoms with van der Waals surface area (Å²) in [6.07, 6.45) is 2.32. The van der Waals surface area contributed by atoms with Crippen LogP contribution in [0.1, 0.15) is 57.6 Å². The number of phenolic OH excluding ortho intramolecular Hbond substituents is 1. The maximum Gasteiger partial charge on any atom is 0.350 e. The van der Waals surface area contributed by atoms with E-state index in [0.717, 1.165) is 24.8 Å². The molecule has 1 aromatic rings. The molecule has 1 aliphatic carbocycles. The van der Waals surface area contributed by atoms with Gasteiger partial charge in [-0.25, -0.2) is 0 Å². The molecule has 1 fully saturated rings. The minimum atomic E-state index is -4.12. The molecule has 0 aliphatic heterocycles. The first kappa shape index (κ1) is 20.4. The lowest BCUT2D eigenvalue weighted by atomic mass is 9.72. The summed E-state index contributed by atoms with van der Waals surface area (Å²) in [6, 6.07) is 5.88. The van der Waals surface area contributed by atoms with E-state index >= 15 is 0 Å². The molecule has 25 heavy (non-hydrogen) atoms. The van der Waals surface area contributed by atoms with Gasteiger partial charge in [0.05, 0.1) is 6.10 Å². The summed E-state index contributed by atoms with van der Waals surface area (Å²) in [5.74, 6) is 1.69. The van der Waals surface area contributed by atoms with E-state index in [4.69, 9.17) is 14.5 Å². The fourth-order valence-corrected chi connectivity index (χ4v) is 4.55. The van der Waals surface area contributed by atoms with Gasteiger partial charge < -0.3 is 19.6 Å². The lowest BCUT2D eigenvalue weighted by Gasteiger charge is -2.39. The average molecular weight is 370 g/mol. The Bertz CT molecular complexity index is 612. The number of hydrogen-bond donors (Lipinski definition) is 3. The second kappa shape index (κ2) is 8.22. The van der Waals surface area contributed by atoms with Crippen molar-refractivity contribution in [2.24, 2.45) is 17.8 Å². The van der Waals surface area contributed by atoms with Gasteiger partial charge in [-0.05, 0) is 60.1 Å². The Morgan fingerprint density at radius 1 is 1.20 bits per heavy atom. The van der Waals surface area contributed by atoms with Gasteiger partial charge in [0.15, 0.2) is 0 Å². The Balaban J connectivity index is 2.00. The first-order valence-electron chi connectivity index (χ1n) is 9.04. The monoisotopic (exact) mass is 370 g/mol. The minimum absolute atomic E-state index is 0.102. The van der Waals surface area contributed by atoms with Crippen LogP contribution in [0.4, 0.5) is 0 Å². The standard InChI is InChI=1S/C19H31O5P/c1-12(2)17-10-15(5-6-18(17)20)9-16-7-13(3)19(14(4)8-16)24-11-25(21,22)23/h5-6,10,12-14,16,19-20H,7-9,11H2,1-4H3,(H2,21,22,23)/t13-,14?,16?,19?/m0/s1. The van der Waals surface area contributed by atoms with Gasteiger partial charge in [0.2, 0.25) is 0 Å². The molecule has 2 rings (SSSR count). The van der Waals surface area contributed by atoms with Gasteiger partial charge in [0.25, 0.3) is 0 Å². The highest BCUT2D eigenvalue weighted by Crippen LogP contribution is 2.41. The van der Waals surface area contributed by atoms with Gasteiger partial charge in [-0.3, -0.25) is 4.57 Å². The highest BCUT2D eigenvalue weighted by molar-refractivity contribution is 7.51. The molecule has 3 N–H and O–H groups in total. The molecule has 142 valence electrons. The van der Waals surface area contributed by atoms with Crippen LogP contribution in [0, 0.1) is 17.8 Å². The highest BCUT2D eigenvalue weighted by atomic mass is 31.2. The van der Waals surface area contributed by atoms with Crippen molar-refractivity contribution in [1.29, 1.82) is 0 Å². The highest BCUT2D eigenvalue weighted by Gasteiger charge is 2.35. The Hall–Kier alpha value is -0.870. The third kappa shape index (κ3) is 5.82. The number of ether oxygens (including phenoxy) is 1. The molecule has 0 radical (unpaired) electrons. The molecule has 3 unspecified atom stereocenters. The molecule has 0 bridgehead atoms. The van der Waals surface area contributed by atoms with E-state index in [-0.39, 0.29) is 23.9 Å². The lowest BCUT2D eigenvalue weighted by Crippen LogP contribution is -2.37. The maximum atomic E-state index is 11.1. The fourth-order valence-electron chi connectivity index (χ4n) is 4.18. The second-order valence-electron chi connectivity index (χ2n) is 7.97. The van der Waals surface area contributed by atoms with Crippen molar-refractivity contribution >= 4 is 7.60 Å². The summed E-state index contributed by atoms with van der Waals surface area (Å²) in [6.45, 7) is 8.35. The number of aromatic hydroxyl groups is 1. The van der Waals surface area contributed by atoms with Crippen molar-refractivity contribution < 1.29 is 24.2 Å². The quantitative estimate of drug-likeness (QED) is 0.651. The Morgan fingerprint density at radius 2 is 1.80 bits per heavy atom. The maximum absolute atomic E-state index is 11.1. The van der Waals surface area contributed by atoms with Crippen molar-refractivity contribution in [1.82, 2.24) is 0 Å². The van der Waals surface area contributed by atoms with Gasteiger partial charge in [-0.2, -0.15) is 0 Å². The van der Waals surface area contributed by atoms with Crippen molar-refractivity contribution in [2.45, 2.75) is 59.0 Å². The Labute approximate surface area is 150 Å². The molecular weight excluding hydrogens is 339 g/mol. The van der Waals surface area contributed by atoms with Gasteiger partial charge in [0, 0.05) is 0 Å². The van der Waals surface area contributed by atoms with E-state index in [1.165, 1.54) is 5.56 Å². The summed E-state index contributed by atoms with van der Waals surface area (Å²) in [5, 5.41) is 9.97. The zero-order chi connectivity index (χ0) is 18.8. The second-order valence-corrected chi connectivity index (χ2v) is 9.56. The van der Waals surface area contributed by atoms with Crippen LogP contribution in [-0.2, 0) is 15.7 Å². The molecular formula is C19H31O5P. The molecule has 0 amide bonds. The van der Waals surface area contributed by atoms with E-state index in [0.29, 0.717) is 11.7 Å². The van der Waals surface area contributed by atoms with Gasteiger partial charge in [0.1, 0.15) is 12.1 Å². The molecule has 0 aromatic heterocycles. The van der Waals surface area contributed by atoms with Crippen LogP contribution in [0.2, 0.25) is 0 Å². The molecule has 0 saturated heterocycles. The van der Waals surface area contributed by atoms with Gasteiger partial charge in [-0.15, -0.1) is 0 Å². The zero-order valence-electron chi connectivity index (χ0n) is 15.6. The largest absolute Gasteiger partial charge is 0.508 e. The van der Waals surface area contributed by atoms with Crippen LogP contribution in [-0.4, -0.2) is 27.3 Å². The molecule has 1 aromatic carbocycles. The number of rotatable bonds is 6. The summed E-state index contributed by atoms with van der Waals surface area (Å²) in [5.41, 5.74) is 2.22. The molecule has 1 aliphatic rings. The van der Waals surface area contributed by atoms with Crippen LogP contribution in [0.15, 0.2) is 18.2 Å². The van der Waals surface area contributed by atoms with Gasteiger partial charge >= 0.3 is 7.60 Å². The Kier molecular flexibility index (Phi) is 6.72. The lowest BCUT2D eigenvalue weighted by molar-refractivity contribution is -0.0368. The fraction of sp³-hybridized carbons (Fsp3) is 0.684. The smallest absolute Gasteiger partial charge is 0.350 e. The van der Waals surface area contributed by atoms with E-state index in [9.17, 15) is 9.67 Å². The van der Waals surface area contributed by atoms with Crippen LogP contribution < -0.4 is 0 Å². The van der Waals surface area contributed by atoms with Crippen LogP contribution in [0.25, 0.3) is 0 Å². The van der Waals surface area contributed by atoms with Crippen molar-refractivity contribution in [2.75, 3.05) is 6.35 Å². The van der Waals surface area contributed by atoms with Crippen molar-refractivity contribution in [3.63, 3.8) is 0 Å². The summed E-state index contributed by atoms with van der Waals surface area (Å²) < 4.78 is 16.6. The molecule has 0 heterocycles. The van der Waals surface area contributed by atoms with E-state index in [2.05, 4.69) is 33.8 Å². The topological polar surface area (TPSA) is 87.0 Å². The van der Waals surface area contributed by atoms with Crippen molar-refractivity contribution in [3.05, 3.63) is 29.3 Å². The summed E-state index contributed by atoms with van der Waals surface area (Å²) in [7, 11) is -4.12. The normalized spacial score (nSPS) is 27.6. The number of phenols is 1. The predicted octanol–water partition coefficient (Wildman–Crippen LogP) is 4.26. The third-order valence-electron chi connectivity index (χ3n) is 5.21. The summed E-state index contributed by atoms with van der Waals surface area (Å²) in [4.78, 5) is 18.1. The Morgan fingerprint density at radius 3 is 2.32 bits per heavy atom. The molecule has 1 saturated carbocycles. The molecule has 4 atom stereocenters. The average Bonchev–Trinajstić information content (AvgIpc) is 2.47. The molecule has 0 spiro atoms. The molecule has 6 heteroatoms. The summed E-state index contributed by atoms with van der Waals surface area (Å²) >= 11 is 0. The first-order valence-corrected chi connectivity index (χ1v) is 10.8. The zero-order valence-corrected chi connectivity index (χ0v) is 16.4. The third-order valence-corrected chi connectivity index (χ3v) is 5.69. The SMILES string of the molecule is CC(C)c1cc(CC2CC(C)C(OCP(=O)(O)O)[C@@H](C)C2)ccc1O. The van der Waals surface area contributed by atoms with Crippen molar-refractivity contribution in [3.8, 4) is 5.75 Å². The molecule has 5 nitrogen and oxygen atoms in total. The predicted molar refractivity (Wildman–Crippen MR) is 98.7 cm³/mol.